The van der Waals surface area contributed by atoms with Gasteiger partial charge in [-0.05, 0) is 67.3 Å². The van der Waals surface area contributed by atoms with Gasteiger partial charge in [-0.3, -0.25) is 4.79 Å². The number of rotatable bonds is 9. The van der Waals surface area contributed by atoms with E-state index in [9.17, 15) is 18.0 Å². The second-order valence-electron chi connectivity index (χ2n) is 7.37. The van der Waals surface area contributed by atoms with Crippen LogP contribution >= 0.6 is 0 Å². The first kappa shape index (κ1) is 23.4. The Labute approximate surface area is 183 Å². The smallest absolute Gasteiger partial charge is 0.416 e. The summed E-state index contributed by atoms with van der Waals surface area (Å²) < 4.78 is 49.7. The Morgan fingerprint density at radius 3 is 2.44 bits per heavy atom. The van der Waals surface area contributed by atoms with Crippen LogP contribution in [0.3, 0.4) is 0 Å². The van der Waals surface area contributed by atoms with E-state index >= 15 is 0 Å². The minimum atomic E-state index is -4.39. The molecule has 3 aromatic rings. The standard InChI is InChI=1S/C24H24F3NO4/c1-3-16-14-20(10-6-17(16)7-11-22(29)30)31-13-12-21-15(2)32-23(28-21)18-4-8-19(9-5-18)24(25,26)27/h4-6,8-10,14H,3,7,11-13H2,1-2H3,(H,29,30). The summed E-state index contributed by atoms with van der Waals surface area (Å²) in [5.41, 5.74) is 2.46. The van der Waals surface area contributed by atoms with Gasteiger partial charge in [0.2, 0.25) is 5.89 Å². The maximum atomic E-state index is 12.7. The zero-order valence-electron chi connectivity index (χ0n) is 17.8. The van der Waals surface area contributed by atoms with Gasteiger partial charge in [-0.25, -0.2) is 4.98 Å². The topological polar surface area (TPSA) is 72.6 Å². The summed E-state index contributed by atoms with van der Waals surface area (Å²) in [6, 6.07) is 10.3. The number of halogens is 3. The largest absolute Gasteiger partial charge is 0.493 e. The van der Waals surface area contributed by atoms with Crippen LogP contribution < -0.4 is 4.74 Å². The van der Waals surface area contributed by atoms with Gasteiger partial charge in [-0.1, -0.05) is 13.0 Å². The van der Waals surface area contributed by atoms with Gasteiger partial charge in [0.15, 0.2) is 0 Å². The van der Waals surface area contributed by atoms with Crippen molar-refractivity contribution >= 4 is 5.97 Å². The number of carbonyl (C=O) groups is 1. The van der Waals surface area contributed by atoms with Gasteiger partial charge < -0.3 is 14.3 Å². The van der Waals surface area contributed by atoms with Crippen LogP contribution in [0, 0.1) is 6.92 Å². The normalized spacial score (nSPS) is 11.5. The second kappa shape index (κ2) is 9.89. The van der Waals surface area contributed by atoms with Gasteiger partial charge >= 0.3 is 12.1 Å². The maximum absolute atomic E-state index is 12.7. The number of benzene rings is 2. The lowest BCUT2D eigenvalue weighted by Crippen LogP contribution is -2.05. The van der Waals surface area contributed by atoms with E-state index in [1.54, 1.807) is 6.92 Å². The number of carboxylic acid groups (broad SMARTS) is 1. The fourth-order valence-electron chi connectivity index (χ4n) is 3.36. The minimum Gasteiger partial charge on any atom is -0.493 e. The van der Waals surface area contributed by atoms with Crippen molar-refractivity contribution in [3.05, 3.63) is 70.6 Å². The molecule has 0 aliphatic rings. The molecule has 170 valence electrons. The van der Waals surface area contributed by atoms with E-state index in [0.717, 1.165) is 29.7 Å². The third kappa shape index (κ3) is 5.90. The van der Waals surface area contributed by atoms with Crippen molar-refractivity contribution in [1.82, 2.24) is 4.98 Å². The Morgan fingerprint density at radius 1 is 1.09 bits per heavy atom. The van der Waals surface area contributed by atoms with Crippen LogP contribution in [0.25, 0.3) is 11.5 Å². The maximum Gasteiger partial charge on any atom is 0.416 e. The third-order valence-corrected chi connectivity index (χ3v) is 5.13. The Balaban J connectivity index is 1.62. The number of oxazole rings is 1. The summed E-state index contributed by atoms with van der Waals surface area (Å²) in [6.45, 7) is 4.10. The first-order chi connectivity index (χ1) is 15.2. The van der Waals surface area contributed by atoms with Gasteiger partial charge in [-0.15, -0.1) is 0 Å². The summed E-state index contributed by atoms with van der Waals surface area (Å²) >= 11 is 0. The van der Waals surface area contributed by atoms with Crippen LogP contribution in [0.1, 0.15) is 41.5 Å². The van der Waals surface area contributed by atoms with E-state index in [2.05, 4.69) is 4.98 Å². The fraction of sp³-hybridized carbons (Fsp3) is 0.333. The highest BCUT2D eigenvalue weighted by Crippen LogP contribution is 2.31. The van der Waals surface area contributed by atoms with Crippen molar-refractivity contribution in [2.75, 3.05) is 6.61 Å². The monoisotopic (exact) mass is 447 g/mol. The number of alkyl halides is 3. The molecule has 0 bridgehead atoms. The number of aliphatic carboxylic acids is 1. The SMILES string of the molecule is CCc1cc(OCCc2nc(-c3ccc(C(F)(F)F)cc3)oc2C)ccc1CCC(=O)O. The fourth-order valence-corrected chi connectivity index (χ4v) is 3.36. The number of nitrogens with zero attached hydrogens (tertiary/aromatic N) is 1. The molecule has 0 fully saturated rings. The molecule has 1 N–H and O–H groups in total. The molecule has 5 nitrogen and oxygen atoms in total. The average Bonchev–Trinajstić information content (AvgIpc) is 3.12. The lowest BCUT2D eigenvalue weighted by molar-refractivity contribution is -0.138. The third-order valence-electron chi connectivity index (χ3n) is 5.13. The highest BCUT2D eigenvalue weighted by atomic mass is 19.4. The molecule has 3 rings (SSSR count). The number of carboxylic acids is 1. The van der Waals surface area contributed by atoms with Crippen LogP contribution in [-0.2, 0) is 30.2 Å². The van der Waals surface area contributed by atoms with Gasteiger partial charge in [-0.2, -0.15) is 13.2 Å². The number of ether oxygens (including phenoxy) is 1. The second-order valence-corrected chi connectivity index (χ2v) is 7.37. The molecule has 0 amide bonds. The number of aromatic nitrogens is 1. The van der Waals surface area contributed by atoms with E-state index in [-0.39, 0.29) is 12.3 Å². The molecular weight excluding hydrogens is 423 g/mol. The molecule has 32 heavy (non-hydrogen) atoms. The van der Waals surface area contributed by atoms with E-state index in [1.807, 2.05) is 25.1 Å². The molecule has 0 aliphatic heterocycles. The molecule has 8 heteroatoms. The summed E-state index contributed by atoms with van der Waals surface area (Å²) in [6.07, 6.45) is -2.59. The average molecular weight is 447 g/mol. The number of aryl methyl sites for hydroxylation is 3. The molecule has 1 aromatic heterocycles. The summed E-state index contributed by atoms with van der Waals surface area (Å²) in [5.74, 6) is 0.708. The van der Waals surface area contributed by atoms with Crippen molar-refractivity contribution in [3.8, 4) is 17.2 Å². The summed E-state index contributed by atoms with van der Waals surface area (Å²) in [4.78, 5) is 15.2. The van der Waals surface area contributed by atoms with Crippen molar-refractivity contribution in [2.24, 2.45) is 0 Å². The lowest BCUT2D eigenvalue weighted by Gasteiger charge is -2.11. The van der Waals surface area contributed by atoms with Gasteiger partial charge in [0, 0.05) is 18.4 Å². The van der Waals surface area contributed by atoms with Crippen LogP contribution in [0.15, 0.2) is 46.9 Å². The highest BCUT2D eigenvalue weighted by molar-refractivity contribution is 5.67. The predicted octanol–water partition coefficient (Wildman–Crippen LogP) is 5.87. The zero-order chi connectivity index (χ0) is 23.3. The van der Waals surface area contributed by atoms with Crippen molar-refractivity contribution in [2.45, 2.75) is 45.7 Å². The highest BCUT2D eigenvalue weighted by Gasteiger charge is 2.30. The molecule has 0 unspecified atom stereocenters. The van der Waals surface area contributed by atoms with Crippen LogP contribution in [0.2, 0.25) is 0 Å². The summed E-state index contributed by atoms with van der Waals surface area (Å²) in [5, 5.41) is 8.88. The number of hydrogen-bond donors (Lipinski definition) is 1. The van der Waals surface area contributed by atoms with Crippen molar-refractivity contribution in [3.63, 3.8) is 0 Å². The molecule has 0 saturated carbocycles. The van der Waals surface area contributed by atoms with Crippen LogP contribution in [-0.4, -0.2) is 22.7 Å². The van der Waals surface area contributed by atoms with Crippen LogP contribution in [0.5, 0.6) is 5.75 Å². The zero-order valence-corrected chi connectivity index (χ0v) is 17.8. The molecule has 0 saturated heterocycles. The predicted molar refractivity (Wildman–Crippen MR) is 113 cm³/mol. The molecule has 2 aromatic carbocycles. The molecule has 0 aliphatic carbocycles. The minimum absolute atomic E-state index is 0.0832. The molecule has 1 heterocycles. The molecule has 0 spiro atoms. The van der Waals surface area contributed by atoms with Crippen LogP contribution in [0.4, 0.5) is 13.2 Å². The molecule has 0 radical (unpaired) electrons. The lowest BCUT2D eigenvalue weighted by atomic mass is 10.0. The molecular formula is C24H24F3NO4. The van der Waals surface area contributed by atoms with E-state index in [4.69, 9.17) is 14.3 Å². The van der Waals surface area contributed by atoms with E-state index in [0.29, 0.717) is 42.2 Å². The van der Waals surface area contributed by atoms with Gasteiger partial charge in [0.05, 0.1) is 17.9 Å². The summed E-state index contributed by atoms with van der Waals surface area (Å²) in [7, 11) is 0. The van der Waals surface area contributed by atoms with Crippen molar-refractivity contribution < 1.29 is 32.2 Å². The van der Waals surface area contributed by atoms with Gasteiger partial charge in [0.25, 0.3) is 0 Å². The quantitative estimate of drug-likeness (QED) is 0.444. The molecule has 0 atom stereocenters. The van der Waals surface area contributed by atoms with Crippen molar-refractivity contribution in [1.29, 1.82) is 0 Å². The Hall–Kier alpha value is -3.29. The Kier molecular flexibility index (Phi) is 7.22. The first-order valence-electron chi connectivity index (χ1n) is 10.3. The first-order valence-corrected chi connectivity index (χ1v) is 10.3. The Morgan fingerprint density at radius 2 is 1.81 bits per heavy atom. The number of hydrogen-bond acceptors (Lipinski definition) is 4. The van der Waals surface area contributed by atoms with E-state index < -0.39 is 17.7 Å². The Bertz CT molecular complexity index is 1070. The van der Waals surface area contributed by atoms with Gasteiger partial charge in [0.1, 0.15) is 11.5 Å². The van der Waals surface area contributed by atoms with E-state index in [1.165, 1.54) is 12.1 Å².